The predicted octanol–water partition coefficient (Wildman–Crippen LogP) is 4.66. The number of thiocarbonyl (C=S) groups is 1. The van der Waals surface area contributed by atoms with Crippen LogP contribution in [0.15, 0.2) is 46.9 Å². The second-order valence-corrected chi connectivity index (χ2v) is 6.50. The number of fused-ring (bicyclic) bond motifs is 1. The average Bonchev–Trinajstić information content (AvgIpc) is 3.11. The molecule has 8 heteroatoms. The zero-order chi connectivity index (χ0) is 19.9. The molecule has 3 rings (SSSR count). The minimum absolute atomic E-state index is 0.00303. The molecule has 0 unspecified atom stereocenters. The topological polar surface area (TPSA) is 76.4 Å². The van der Waals surface area contributed by atoms with E-state index in [0.717, 1.165) is 19.3 Å². The van der Waals surface area contributed by atoms with Gasteiger partial charge in [0.05, 0.1) is 6.61 Å². The lowest BCUT2D eigenvalue weighted by molar-refractivity contribution is 0.0946. The van der Waals surface area contributed by atoms with Crippen LogP contribution in [0, 0.1) is 5.82 Å². The summed E-state index contributed by atoms with van der Waals surface area (Å²) in [6.07, 6.45) is 2.98. The molecule has 2 aromatic carbocycles. The number of nitrogens with one attached hydrogen (secondary N) is 2. The number of hydrogen-bond acceptors (Lipinski definition) is 5. The summed E-state index contributed by atoms with van der Waals surface area (Å²) >= 11 is 5.10. The molecule has 1 aromatic heterocycles. The number of oxazole rings is 1. The Morgan fingerprint density at radius 2 is 2.07 bits per heavy atom. The number of anilines is 1. The number of aromatic nitrogens is 1. The van der Waals surface area contributed by atoms with Gasteiger partial charge in [-0.1, -0.05) is 31.9 Å². The van der Waals surface area contributed by atoms with E-state index in [1.165, 1.54) is 12.1 Å². The Hall–Kier alpha value is -3.00. The van der Waals surface area contributed by atoms with Crippen molar-refractivity contribution in [2.24, 2.45) is 0 Å². The standard InChI is InChI=1S/C20H20FN3O3S/c1-2-3-6-11-26-16-10-9-13(12-14(16)21)22-20(28)24-18(25)19-23-15-7-4-5-8-17(15)27-19/h4-5,7-10,12H,2-3,6,11H2,1H3,(H2,22,24,25,28). The Labute approximate surface area is 167 Å². The summed E-state index contributed by atoms with van der Waals surface area (Å²) in [4.78, 5) is 16.3. The van der Waals surface area contributed by atoms with Gasteiger partial charge in [-0.2, -0.15) is 0 Å². The van der Waals surface area contributed by atoms with Gasteiger partial charge in [0.2, 0.25) is 0 Å². The van der Waals surface area contributed by atoms with E-state index >= 15 is 0 Å². The summed E-state index contributed by atoms with van der Waals surface area (Å²) < 4.78 is 24.9. The van der Waals surface area contributed by atoms with Crippen LogP contribution in [0.2, 0.25) is 0 Å². The molecule has 3 aromatic rings. The molecule has 2 N–H and O–H groups in total. The van der Waals surface area contributed by atoms with Gasteiger partial charge in [0.1, 0.15) is 5.52 Å². The number of carbonyl (C=O) groups is 1. The van der Waals surface area contributed by atoms with Crippen LogP contribution < -0.4 is 15.4 Å². The summed E-state index contributed by atoms with van der Waals surface area (Å²) in [5.41, 5.74) is 1.47. The maximum absolute atomic E-state index is 14.1. The maximum atomic E-state index is 14.1. The molecule has 0 aliphatic rings. The van der Waals surface area contributed by atoms with Gasteiger partial charge in [0.15, 0.2) is 22.3 Å². The van der Waals surface area contributed by atoms with Crippen LogP contribution in [0.1, 0.15) is 36.9 Å². The zero-order valence-corrected chi connectivity index (χ0v) is 16.1. The van der Waals surface area contributed by atoms with Gasteiger partial charge in [0, 0.05) is 11.8 Å². The van der Waals surface area contributed by atoms with E-state index in [4.69, 9.17) is 21.4 Å². The predicted molar refractivity (Wildman–Crippen MR) is 109 cm³/mol. The molecular formula is C20H20FN3O3S. The molecule has 0 aliphatic heterocycles. The highest BCUT2D eigenvalue weighted by Gasteiger charge is 2.16. The van der Waals surface area contributed by atoms with Crippen molar-refractivity contribution >= 4 is 40.0 Å². The lowest BCUT2D eigenvalue weighted by atomic mass is 10.2. The average molecular weight is 401 g/mol. The molecule has 0 fully saturated rings. The first-order chi connectivity index (χ1) is 13.6. The molecular weight excluding hydrogens is 381 g/mol. The Bertz CT molecular complexity index is 957. The van der Waals surface area contributed by atoms with E-state index in [9.17, 15) is 9.18 Å². The highest BCUT2D eigenvalue weighted by Crippen LogP contribution is 2.21. The van der Waals surface area contributed by atoms with E-state index in [1.807, 2.05) is 0 Å². The fraction of sp³-hybridized carbons (Fsp3) is 0.250. The van der Waals surface area contributed by atoms with Crippen molar-refractivity contribution in [3.63, 3.8) is 0 Å². The zero-order valence-electron chi connectivity index (χ0n) is 15.3. The van der Waals surface area contributed by atoms with Gasteiger partial charge in [-0.05, 0) is 42.9 Å². The lowest BCUT2D eigenvalue weighted by Gasteiger charge is -2.11. The summed E-state index contributed by atoms with van der Waals surface area (Å²) in [5.74, 6) is -1.02. The van der Waals surface area contributed by atoms with Crippen molar-refractivity contribution in [3.8, 4) is 5.75 Å². The van der Waals surface area contributed by atoms with Crippen molar-refractivity contribution in [2.45, 2.75) is 26.2 Å². The third-order valence-electron chi connectivity index (χ3n) is 3.91. The van der Waals surface area contributed by atoms with E-state index in [2.05, 4.69) is 22.5 Å². The molecule has 146 valence electrons. The first-order valence-corrected chi connectivity index (χ1v) is 9.38. The van der Waals surface area contributed by atoms with Crippen molar-refractivity contribution in [2.75, 3.05) is 11.9 Å². The number of benzene rings is 2. The van der Waals surface area contributed by atoms with Crippen molar-refractivity contribution in [1.82, 2.24) is 10.3 Å². The summed E-state index contributed by atoms with van der Waals surface area (Å²) in [6.45, 7) is 2.56. The number of rotatable bonds is 7. The summed E-state index contributed by atoms with van der Waals surface area (Å²) in [5, 5.41) is 5.22. The second-order valence-electron chi connectivity index (χ2n) is 6.10. The highest BCUT2D eigenvalue weighted by molar-refractivity contribution is 7.80. The second kappa shape index (κ2) is 9.27. The Morgan fingerprint density at radius 1 is 1.25 bits per heavy atom. The molecule has 0 atom stereocenters. The van der Waals surface area contributed by atoms with Crippen LogP contribution in [0.4, 0.5) is 10.1 Å². The third-order valence-corrected chi connectivity index (χ3v) is 4.11. The van der Waals surface area contributed by atoms with Gasteiger partial charge in [-0.3, -0.25) is 10.1 Å². The summed E-state index contributed by atoms with van der Waals surface area (Å²) in [7, 11) is 0. The van der Waals surface area contributed by atoms with E-state index < -0.39 is 11.7 Å². The van der Waals surface area contributed by atoms with Gasteiger partial charge in [-0.15, -0.1) is 0 Å². The fourth-order valence-electron chi connectivity index (χ4n) is 2.52. The number of halogens is 1. The number of nitrogens with zero attached hydrogens (tertiary/aromatic N) is 1. The lowest BCUT2D eigenvalue weighted by Crippen LogP contribution is -2.34. The van der Waals surface area contributed by atoms with Crippen LogP contribution in [0.25, 0.3) is 11.1 Å². The quantitative estimate of drug-likeness (QED) is 0.443. The summed E-state index contributed by atoms with van der Waals surface area (Å²) in [6, 6.07) is 11.4. The molecule has 0 bridgehead atoms. The van der Waals surface area contributed by atoms with Crippen molar-refractivity contribution in [3.05, 3.63) is 54.2 Å². The van der Waals surface area contributed by atoms with Gasteiger partial charge >= 0.3 is 5.91 Å². The molecule has 0 aliphatic carbocycles. The molecule has 0 radical (unpaired) electrons. The highest BCUT2D eigenvalue weighted by atomic mass is 32.1. The van der Waals surface area contributed by atoms with Gasteiger partial charge in [-0.25, -0.2) is 9.37 Å². The monoisotopic (exact) mass is 401 g/mol. The van der Waals surface area contributed by atoms with Crippen molar-refractivity contribution < 1.29 is 18.3 Å². The van der Waals surface area contributed by atoms with Crippen LogP contribution >= 0.6 is 12.2 Å². The molecule has 0 saturated heterocycles. The molecule has 1 heterocycles. The first-order valence-electron chi connectivity index (χ1n) is 8.97. The largest absolute Gasteiger partial charge is 0.491 e. The van der Waals surface area contributed by atoms with Crippen molar-refractivity contribution in [1.29, 1.82) is 0 Å². The molecule has 28 heavy (non-hydrogen) atoms. The fourth-order valence-corrected chi connectivity index (χ4v) is 2.73. The first kappa shape index (κ1) is 19.8. The minimum atomic E-state index is -0.593. The van der Waals surface area contributed by atoms with Crippen LogP contribution in [0.5, 0.6) is 5.75 Å². The van der Waals surface area contributed by atoms with E-state index in [0.29, 0.717) is 23.4 Å². The Kier molecular flexibility index (Phi) is 6.54. The van der Waals surface area contributed by atoms with E-state index in [-0.39, 0.29) is 16.8 Å². The van der Waals surface area contributed by atoms with Gasteiger partial charge in [0.25, 0.3) is 5.89 Å². The normalized spacial score (nSPS) is 10.6. The number of amides is 1. The number of unbranched alkanes of at least 4 members (excludes halogenated alkanes) is 2. The maximum Gasteiger partial charge on any atom is 0.313 e. The number of carbonyl (C=O) groups excluding carboxylic acids is 1. The molecule has 0 spiro atoms. The van der Waals surface area contributed by atoms with Crippen LogP contribution in [-0.2, 0) is 0 Å². The molecule has 0 saturated carbocycles. The Balaban J connectivity index is 1.56. The SMILES string of the molecule is CCCCCOc1ccc(NC(=S)NC(=O)c2nc3ccccc3o2)cc1F. The molecule has 1 amide bonds. The smallest absolute Gasteiger partial charge is 0.313 e. The molecule has 6 nitrogen and oxygen atoms in total. The van der Waals surface area contributed by atoms with E-state index in [1.54, 1.807) is 30.3 Å². The number of para-hydroxylation sites is 2. The van der Waals surface area contributed by atoms with Crippen LogP contribution in [-0.4, -0.2) is 22.6 Å². The minimum Gasteiger partial charge on any atom is -0.491 e. The number of ether oxygens (including phenoxy) is 1. The van der Waals surface area contributed by atoms with Crippen LogP contribution in [0.3, 0.4) is 0 Å². The third kappa shape index (κ3) is 5.04. The number of hydrogen-bond donors (Lipinski definition) is 2. The van der Waals surface area contributed by atoms with Gasteiger partial charge < -0.3 is 14.5 Å². The Morgan fingerprint density at radius 3 is 2.82 bits per heavy atom.